The topological polar surface area (TPSA) is 78.4 Å². The van der Waals surface area contributed by atoms with Gasteiger partial charge in [-0.2, -0.15) is 10.2 Å². The Morgan fingerprint density at radius 1 is 1.35 bits per heavy atom. The van der Waals surface area contributed by atoms with Gasteiger partial charge in [0.1, 0.15) is 18.0 Å². The highest BCUT2D eigenvalue weighted by atomic mass is 19.1. The molecule has 0 amide bonds. The number of halogens is 1. The van der Waals surface area contributed by atoms with Crippen LogP contribution >= 0.6 is 0 Å². The van der Waals surface area contributed by atoms with Gasteiger partial charge in [0.2, 0.25) is 5.89 Å². The molecular weight excluding hydrogens is 337 g/mol. The van der Waals surface area contributed by atoms with Crippen LogP contribution in [0.5, 0.6) is 0 Å². The van der Waals surface area contributed by atoms with Crippen molar-refractivity contribution in [2.75, 3.05) is 37.7 Å². The van der Waals surface area contributed by atoms with Gasteiger partial charge in [0.05, 0.1) is 17.8 Å². The van der Waals surface area contributed by atoms with E-state index < -0.39 is 5.82 Å². The van der Waals surface area contributed by atoms with Crippen molar-refractivity contribution < 1.29 is 13.7 Å². The third kappa shape index (κ3) is 4.18. The Balaban J connectivity index is 1.57. The summed E-state index contributed by atoms with van der Waals surface area (Å²) in [6.07, 6.45) is -0.183. The standard InChI is InChI=1S/C18H22FN5O2/c1-3-25-13(2)18-21-17(26-22-18)12-23-6-8-24(9-7-23)16-5-4-15(19)10-14(16)11-20/h4-5,10,13H,3,6-9,12H2,1-2H3. The minimum absolute atomic E-state index is 0.183. The molecule has 3 rings (SSSR count). The fourth-order valence-corrected chi connectivity index (χ4v) is 3.03. The van der Waals surface area contributed by atoms with Crippen LogP contribution in [0.3, 0.4) is 0 Å². The molecule has 0 bridgehead atoms. The molecule has 1 aromatic heterocycles. The lowest BCUT2D eigenvalue weighted by atomic mass is 10.1. The summed E-state index contributed by atoms with van der Waals surface area (Å²) in [5.74, 6) is 0.738. The van der Waals surface area contributed by atoms with E-state index >= 15 is 0 Å². The summed E-state index contributed by atoms with van der Waals surface area (Å²) < 4.78 is 24.1. The van der Waals surface area contributed by atoms with Gasteiger partial charge in [-0.25, -0.2) is 4.39 Å². The smallest absolute Gasteiger partial charge is 0.240 e. The van der Waals surface area contributed by atoms with Crippen molar-refractivity contribution in [2.45, 2.75) is 26.5 Å². The molecule has 138 valence electrons. The fourth-order valence-electron chi connectivity index (χ4n) is 3.03. The minimum atomic E-state index is -0.391. The molecule has 0 spiro atoms. The zero-order chi connectivity index (χ0) is 18.5. The molecule has 26 heavy (non-hydrogen) atoms. The maximum Gasteiger partial charge on any atom is 0.240 e. The van der Waals surface area contributed by atoms with Crippen molar-refractivity contribution in [1.82, 2.24) is 15.0 Å². The van der Waals surface area contributed by atoms with Crippen molar-refractivity contribution >= 4 is 5.69 Å². The molecule has 8 heteroatoms. The van der Waals surface area contributed by atoms with Gasteiger partial charge in [-0.15, -0.1) is 0 Å². The number of ether oxygens (including phenoxy) is 1. The second-order valence-corrected chi connectivity index (χ2v) is 6.18. The van der Waals surface area contributed by atoms with Gasteiger partial charge in [-0.1, -0.05) is 5.16 Å². The van der Waals surface area contributed by atoms with Crippen LogP contribution in [0.1, 0.15) is 37.2 Å². The van der Waals surface area contributed by atoms with Crippen LogP contribution in [-0.4, -0.2) is 47.8 Å². The van der Waals surface area contributed by atoms with Gasteiger partial charge >= 0.3 is 0 Å². The highest BCUT2D eigenvalue weighted by Gasteiger charge is 2.22. The molecule has 0 saturated carbocycles. The van der Waals surface area contributed by atoms with E-state index in [9.17, 15) is 9.65 Å². The number of nitriles is 1. The van der Waals surface area contributed by atoms with E-state index in [-0.39, 0.29) is 6.10 Å². The second kappa shape index (κ2) is 8.25. The van der Waals surface area contributed by atoms with Crippen molar-refractivity contribution in [2.24, 2.45) is 0 Å². The second-order valence-electron chi connectivity index (χ2n) is 6.18. The molecule has 2 heterocycles. The van der Waals surface area contributed by atoms with Crippen molar-refractivity contribution in [3.05, 3.63) is 41.3 Å². The molecule has 7 nitrogen and oxygen atoms in total. The largest absolute Gasteiger partial charge is 0.371 e. The lowest BCUT2D eigenvalue weighted by Gasteiger charge is -2.35. The SMILES string of the molecule is CCOC(C)c1noc(CN2CCN(c3ccc(F)cc3C#N)CC2)n1. The fraction of sp³-hybridized carbons (Fsp3) is 0.500. The molecule has 1 aliphatic heterocycles. The number of benzene rings is 1. The zero-order valence-corrected chi connectivity index (χ0v) is 15.0. The monoisotopic (exact) mass is 359 g/mol. The van der Waals surface area contributed by atoms with E-state index in [4.69, 9.17) is 9.26 Å². The first kappa shape index (κ1) is 18.3. The molecule has 1 atom stereocenters. The van der Waals surface area contributed by atoms with E-state index in [2.05, 4.69) is 26.0 Å². The van der Waals surface area contributed by atoms with Gasteiger partial charge in [-0.05, 0) is 32.0 Å². The molecule has 0 radical (unpaired) electrons. The summed E-state index contributed by atoms with van der Waals surface area (Å²) in [5, 5.41) is 13.2. The average molecular weight is 359 g/mol. The Morgan fingerprint density at radius 3 is 2.81 bits per heavy atom. The molecule has 1 saturated heterocycles. The average Bonchev–Trinajstić information content (AvgIpc) is 3.11. The number of hydrogen-bond donors (Lipinski definition) is 0. The Hall–Kier alpha value is -2.50. The van der Waals surface area contributed by atoms with Crippen LogP contribution in [0, 0.1) is 17.1 Å². The molecule has 1 fully saturated rings. The third-order valence-corrected chi connectivity index (χ3v) is 4.41. The van der Waals surface area contributed by atoms with Gasteiger partial charge in [0, 0.05) is 32.8 Å². The first-order valence-corrected chi connectivity index (χ1v) is 8.71. The maximum absolute atomic E-state index is 13.3. The predicted molar refractivity (Wildman–Crippen MR) is 92.9 cm³/mol. The van der Waals surface area contributed by atoms with Crippen LogP contribution in [0.4, 0.5) is 10.1 Å². The summed E-state index contributed by atoms with van der Waals surface area (Å²) in [7, 11) is 0. The van der Waals surface area contributed by atoms with Gasteiger partial charge in [0.15, 0.2) is 5.82 Å². The first-order chi connectivity index (χ1) is 12.6. The number of nitrogens with zero attached hydrogens (tertiary/aromatic N) is 5. The molecule has 2 aromatic rings. The summed E-state index contributed by atoms with van der Waals surface area (Å²) in [4.78, 5) is 8.71. The molecule has 1 aromatic carbocycles. The normalized spacial score (nSPS) is 16.5. The van der Waals surface area contributed by atoms with E-state index in [0.717, 1.165) is 31.9 Å². The minimum Gasteiger partial charge on any atom is -0.371 e. The number of hydrogen-bond acceptors (Lipinski definition) is 7. The summed E-state index contributed by atoms with van der Waals surface area (Å²) >= 11 is 0. The summed E-state index contributed by atoms with van der Waals surface area (Å²) in [6, 6.07) is 6.41. The lowest BCUT2D eigenvalue weighted by Crippen LogP contribution is -2.46. The van der Waals surface area contributed by atoms with Crippen LogP contribution in [0.2, 0.25) is 0 Å². The Morgan fingerprint density at radius 2 is 2.12 bits per heavy atom. The predicted octanol–water partition coefficient (Wildman–Crippen LogP) is 2.50. The van der Waals surface area contributed by atoms with Crippen molar-refractivity contribution in [1.29, 1.82) is 5.26 Å². The number of piperazine rings is 1. The molecule has 0 N–H and O–H groups in total. The van der Waals surface area contributed by atoms with Crippen LogP contribution in [0.15, 0.2) is 22.7 Å². The van der Waals surface area contributed by atoms with Crippen LogP contribution in [0.25, 0.3) is 0 Å². The highest BCUT2D eigenvalue weighted by Crippen LogP contribution is 2.23. The summed E-state index contributed by atoms with van der Waals surface area (Å²) in [5.41, 5.74) is 1.14. The molecular formula is C18H22FN5O2. The number of rotatable bonds is 6. The van der Waals surface area contributed by atoms with Gasteiger partial charge in [0.25, 0.3) is 0 Å². The van der Waals surface area contributed by atoms with E-state index in [1.807, 2.05) is 13.8 Å². The Bertz CT molecular complexity index is 780. The van der Waals surface area contributed by atoms with Crippen molar-refractivity contribution in [3.8, 4) is 6.07 Å². The highest BCUT2D eigenvalue weighted by molar-refractivity contribution is 5.59. The van der Waals surface area contributed by atoms with E-state index in [1.165, 1.54) is 12.1 Å². The number of aromatic nitrogens is 2. The first-order valence-electron chi connectivity index (χ1n) is 8.71. The maximum atomic E-state index is 13.3. The van der Waals surface area contributed by atoms with Gasteiger partial charge in [-0.3, -0.25) is 4.90 Å². The van der Waals surface area contributed by atoms with Crippen LogP contribution in [-0.2, 0) is 11.3 Å². The Kier molecular flexibility index (Phi) is 5.81. The quantitative estimate of drug-likeness (QED) is 0.784. The molecule has 1 aliphatic rings. The Labute approximate surface area is 152 Å². The number of anilines is 1. The van der Waals surface area contributed by atoms with E-state index in [0.29, 0.717) is 30.4 Å². The van der Waals surface area contributed by atoms with E-state index in [1.54, 1.807) is 6.07 Å². The molecule has 1 unspecified atom stereocenters. The van der Waals surface area contributed by atoms with Crippen LogP contribution < -0.4 is 4.90 Å². The van der Waals surface area contributed by atoms with Gasteiger partial charge < -0.3 is 14.2 Å². The molecule has 0 aliphatic carbocycles. The third-order valence-electron chi connectivity index (χ3n) is 4.41. The van der Waals surface area contributed by atoms with Crippen molar-refractivity contribution in [3.63, 3.8) is 0 Å². The summed E-state index contributed by atoms with van der Waals surface area (Å²) in [6.45, 7) is 8.08. The zero-order valence-electron chi connectivity index (χ0n) is 15.0. The lowest BCUT2D eigenvalue weighted by molar-refractivity contribution is 0.0683.